The summed E-state index contributed by atoms with van der Waals surface area (Å²) in [5.74, 6) is -0.355. The molecule has 1 saturated heterocycles. The van der Waals surface area contributed by atoms with Crippen molar-refractivity contribution >= 4 is 34.8 Å². The Morgan fingerprint density at radius 1 is 1.44 bits per heavy atom. The van der Waals surface area contributed by atoms with E-state index in [4.69, 9.17) is 5.73 Å². The molecule has 25 heavy (non-hydrogen) atoms. The van der Waals surface area contributed by atoms with Crippen LogP contribution >= 0.6 is 23.7 Å². The lowest BCUT2D eigenvalue weighted by Crippen LogP contribution is -2.26. The standard InChI is InChI=1S/C16H20FN5OS.ClH/c17-13-2-1-10(7-11-3-5-19-9-11)8-12(13)15(23)20-6-4-14-21-22-16(18)24-14;/h1-2,8,11,19H,3-7,9H2,(H2,18,22)(H,20,23);1H. The minimum atomic E-state index is -0.499. The van der Waals surface area contributed by atoms with Crippen LogP contribution in [0.3, 0.4) is 0 Å². The number of aromatic nitrogens is 2. The molecule has 2 aromatic rings. The van der Waals surface area contributed by atoms with Gasteiger partial charge in [0, 0.05) is 13.0 Å². The van der Waals surface area contributed by atoms with Gasteiger partial charge in [-0.15, -0.1) is 22.6 Å². The highest BCUT2D eigenvalue weighted by atomic mass is 35.5. The molecule has 6 nitrogen and oxygen atoms in total. The smallest absolute Gasteiger partial charge is 0.254 e. The van der Waals surface area contributed by atoms with E-state index in [-0.39, 0.29) is 18.0 Å². The Kier molecular flexibility index (Phi) is 7.10. The monoisotopic (exact) mass is 385 g/mol. The molecule has 1 atom stereocenters. The molecule has 136 valence electrons. The third kappa shape index (κ3) is 5.35. The summed E-state index contributed by atoms with van der Waals surface area (Å²) in [5.41, 5.74) is 6.59. The summed E-state index contributed by atoms with van der Waals surface area (Å²) in [6.07, 6.45) is 2.50. The molecule has 1 aliphatic heterocycles. The number of amides is 1. The number of nitrogens with one attached hydrogen (secondary N) is 2. The van der Waals surface area contributed by atoms with Crippen LogP contribution in [-0.2, 0) is 12.8 Å². The first kappa shape index (κ1) is 19.6. The van der Waals surface area contributed by atoms with Crippen molar-refractivity contribution in [2.75, 3.05) is 25.4 Å². The summed E-state index contributed by atoms with van der Waals surface area (Å²) >= 11 is 1.28. The molecule has 3 rings (SSSR count). The van der Waals surface area contributed by atoms with Gasteiger partial charge in [-0.3, -0.25) is 4.79 Å². The van der Waals surface area contributed by atoms with E-state index in [1.165, 1.54) is 17.4 Å². The average Bonchev–Trinajstić information content (AvgIpc) is 3.21. The number of carbonyl (C=O) groups excluding carboxylic acids is 1. The predicted molar refractivity (Wildman–Crippen MR) is 98.7 cm³/mol. The maximum Gasteiger partial charge on any atom is 0.254 e. The molecule has 2 heterocycles. The van der Waals surface area contributed by atoms with Gasteiger partial charge >= 0.3 is 0 Å². The van der Waals surface area contributed by atoms with Crippen LogP contribution in [0.25, 0.3) is 0 Å². The van der Waals surface area contributed by atoms with Crippen LogP contribution in [-0.4, -0.2) is 35.7 Å². The van der Waals surface area contributed by atoms with E-state index >= 15 is 0 Å². The zero-order chi connectivity index (χ0) is 16.9. The van der Waals surface area contributed by atoms with Crippen molar-refractivity contribution in [2.45, 2.75) is 19.3 Å². The SMILES string of the molecule is Cl.Nc1nnc(CCNC(=O)c2cc(CC3CCNC3)ccc2F)s1. The van der Waals surface area contributed by atoms with Gasteiger partial charge in [-0.1, -0.05) is 17.4 Å². The fraction of sp³-hybridized carbons (Fsp3) is 0.438. The van der Waals surface area contributed by atoms with Crippen molar-refractivity contribution in [1.82, 2.24) is 20.8 Å². The van der Waals surface area contributed by atoms with E-state index in [9.17, 15) is 9.18 Å². The Balaban J connectivity index is 0.00000225. The van der Waals surface area contributed by atoms with E-state index in [1.54, 1.807) is 12.1 Å². The van der Waals surface area contributed by atoms with Crippen LogP contribution in [0.15, 0.2) is 18.2 Å². The number of anilines is 1. The number of hydrogen-bond acceptors (Lipinski definition) is 6. The molecule has 1 unspecified atom stereocenters. The zero-order valence-electron chi connectivity index (χ0n) is 13.6. The number of rotatable bonds is 6. The minimum absolute atomic E-state index is 0. The van der Waals surface area contributed by atoms with Gasteiger partial charge in [-0.25, -0.2) is 4.39 Å². The first-order valence-electron chi connectivity index (χ1n) is 7.97. The van der Waals surface area contributed by atoms with Crippen molar-refractivity contribution in [2.24, 2.45) is 5.92 Å². The Labute approximate surface area is 155 Å². The number of nitrogens with two attached hydrogens (primary N) is 1. The number of benzene rings is 1. The molecule has 0 bridgehead atoms. The van der Waals surface area contributed by atoms with Gasteiger partial charge in [-0.2, -0.15) is 0 Å². The number of hydrogen-bond donors (Lipinski definition) is 3. The van der Waals surface area contributed by atoms with Gasteiger partial charge in [0.05, 0.1) is 5.56 Å². The van der Waals surface area contributed by atoms with Crippen LogP contribution in [0, 0.1) is 11.7 Å². The van der Waals surface area contributed by atoms with E-state index in [1.807, 2.05) is 0 Å². The summed E-state index contributed by atoms with van der Waals surface area (Å²) in [7, 11) is 0. The Morgan fingerprint density at radius 2 is 2.28 bits per heavy atom. The van der Waals surface area contributed by atoms with Gasteiger partial charge in [0.2, 0.25) is 5.13 Å². The summed E-state index contributed by atoms with van der Waals surface area (Å²) in [6, 6.07) is 4.79. The Bertz CT molecular complexity index is 720. The lowest BCUT2D eigenvalue weighted by molar-refractivity contribution is 0.0950. The molecule has 1 aromatic carbocycles. The molecular formula is C16H21ClFN5OS. The van der Waals surface area contributed by atoms with Crippen molar-refractivity contribution in [3.05, 3.63) is 40.2 Å². The average molecular weight is 386 g/mol. The van der Waals surface area contributed by atoms with Gasteiger partial charge in [-0.05, 0) is 49.5 Å². The van der Waals surface area contributed by atoms with Crippen molar-refractivity contribution < 1.29 is 9.18 Å². The molecule has 4 N–H and O–H groups in total. The lowest BCUT2D eigenvalue weighted by atomic mass is 9.97. The summed E-state index contributed by atoms with van der Waals surface area (Å²) in [4.78, 5) is 12.2. The van der Waals surface area contributed by atoms with Crippen molar-refractivity contribution in [1.29, 1.82) is 0 Å². The van der Waals surface area contributed by atoms with E-state index < -0.39 is 11.7 Å². The van der Waals surface area contributed by atoms with Crippen LogP contribution in [0.4, 0.5) is 9.52 Å². The Morgan fingerprint density at radius 3 is 2.96 bits per heavy atom. The van der Waals surface area contributed by atoms with Crippen LogP contribution in [0.5, 0.6) is 0 Å². The highest BCUT2D eigenvalue weighted by Crippen LogP contribution is 2.18. The number of nitrogens with zero attached hydrogens (tertiary/aromatic N) is 2. The van der Waals surface area contributed by atoms with Gasteiger partial charge in [0.15, 0.2) is 0 Å². The van der Waals surface area contributed by atoms with E-state index in [0.29, 0.717) is 24.0 Å². The maximum atomic E-state index is 14.0. The Hall–Kier alpha value is -1.77. The molecule has 1 aliphatic rings. The molecule has 9 heteroatoms. The topological polar surface area (TPSA) is 92.9 Å². The molecule has 0 saturated carbocycles. The van der Waals surface area contributed by atoms with Gasteiger partial charge in [0.25, 0.3) is 5.91 Å². The predicted octanol–water partition coefficient (Wildman–Crippen LogP) is 1.81. The van der Waals surface area contributed by atoms with Crippen LogP contribution in [0.1, 0.15) is 27.3 Å². The fourth-order valence-corrected chi connectivity index (χ4v) is 3.45. The minimum Gasteiger partial charge on any atom is -0.374 e. The molecule has 1 fully saturated rings. The van der Waals surface area contributed by atoms with E-state index in [2.05, 4.69) is 20.8 Å². The van der Waals surface area contributed by atoms with E-state index in [0.717, 1.165) is 36.5 Å². The van der Waals surface area contributed by atoms with Gasteiger partial charge < -0.3 is 16.4 Å². The zero-order valence-corrected chi connectivity index (χ0v) is 15.3. The third-order valence-electron chi connectivity index (χ3n) is 4.07. The first-order chi connectivity index (χ1) is 11.6. The summed E-state index contributed by atoms with van der Waals surface area (Å²) in [5, 5.41) is 14.8. The molecule has 1 amide bonds. The summed E-state index contributed by atoms with van der Waals surface area (Å²) in [6.45, 7) is 2.36. The highest BCUT2D eigenvalue weighted by Gasteiger charge is 2.17. The second-order valence-electron chi connectivity index (χ2n) is 5.92. The van der Waals surface area contributed by atoms with Crippen LogP contribution < -0.4 is 16.4 Å². The largest absolute Gasteiger partial charge is 0.374 e. The first-order valence-corrected chi connectivity index (χ1v) is 8.78. The fourth-order valence-electron chi connectivity index (χ4n) is 2.84. The third-order valence-corrected chi connectivity index (χ3v) is 4.88. The number of carbonyl (C=O) groups is 1. The molecular weight excluding hydrogens is 365 g/mol. The highest BCUT2D eigenvalue weighted by molar-refractivity contribution is 7.15. The maximum absolute atomic E-state index is 14.0. The van der Waals surface area contributed by atoms with Crippen LogP contribution in [0.2, 0.25) is 0 Å². The normalized spacial score (nSPS) is 16.4. The second-order valence-corrected chi connectivity index (χ2v) is 7.01. The number of nitrogen functional groups attached to an aromatic ring is 1. The molecule has 1 aromatic heterocycles. The number of halogens is 2. The molecule has 0 radical (unpaired) electrons. The molecule has 0 aliphatic carbocycles. The lowest BCUT2D eigenvalue weighted by Gasteiger charge is -2.11. The van der Waals surface area contributed by atoms with Crippen molar-refractivity contribution in [3.8, 4) is 0 Å². The quantitative estimate of drug-likeness (QED) is 0.705. The second kappa shape index (κ2) is 9.07. The van der Waals surface area contributed by atoms with Crippen molar-refractivity contribution in [3.63, 3.8) is 0 Å². The van der Waals surface area contributed by atoms with Gasteiger partial charge in [0.1, 0.15) is 10.8 Å². The summed E-state index contributed by atoms with van der Waals surface area (Å²) < 4.78 is 14.0. The molecule has 0 spiro atoms.